The average Bonchev–Trinajstić information content (AvgIpc) is 4.12. The van der Waals surface area contributed by atoms with E-state index in [1.807, 2.05) is 0 Å². The molecule has 0 saturated carbocycles. The second-order valence-electron chi connectivity index (χ2n) is 20.8. The fraction of sp³-hybridized carbons (Fsp3) is 0.152. The third-order valence-corrected chi connectivity index (χ3v) is 16.2. The molecule has 10 aromatic rings. The summed E-state index contributed by atoms with van der Waals surface area (Å²) < 4.78 is 4.63. The molecule has 0 saturated heterocycles. The van der Waals surface area contributed by atoms with Crippen molar-refractivity contribution in [3.05, 3.63) is 234 Å². The van der Waals surface area contributed by atoms with Gasteiger partial charge in [0.05, 0.1) is 22.1 Å². The molecule has 1 unspecified atom stereocenters. The van der Waals surface area contributed by atoms with E-state index < -0.39 is 0 Å². The monoisotopic (exact) mass is 900 g/mol. The Hall–Kier alpha value is -8.08. The number of fused-ring (bicyclic) bond motifs is 11. The predicted octanol–water partition coefficient (Wildman–Crippen LogP) is 16.7. The van der Waals surface area contributed by atoms with E-state index in [-0.39, 0.29) is 10.8 Å². The first-order valence-corrected chi connectivity index (χ1v) is 25.0. The Labute approximate surface area is 409 Å². The average molecular weight is 901 g/mol. The van der Waals surface area contributed by atoms with Crippen LogP contribution >= 0.6 is 0 Å². The molecule has 0 fully saturated rings. The van der Waals surface area contributed by atoms with Crippen molar-refractivity contribution < 1.29 is 0 Å². The van der Waals surface area contributed by atoms with Gasteiger partial charge in [0.2, 0.25) is 0 Å². The highest BCUT2D eigenvalue weighted by Gasteiger charge is 2.50. The highest BCUT2D eigenvalue weighted by Crippen LogP contribution is 2.63. The number of imidazole rings is 2. The second-order valence-corrected chi connectivity index (χ2v) is 20.8. The quantitative estimate of drug-likeness (QED) is 0.167. The van der Waals surface area contributed by atoms with Gasteiger partial charge in [0.1, 0.15) is 11.6 Å². The smallest absolute Gasteiger partial charge is 0.145 e. The molecule has 0 radical (unpaired) electrons. The van der Waals surface area contributed by atoms with Gasteiger partial charge < -0.3 is 0 Å². The first-order valence-electron chi connectivity index (χ1n) is 25.0. The van der Waals surface area contributed by atoms with E-state index in [2.05, 4.69) is 237 Å². The van der Waals surface area contributed by atoms with Crippen LogP contribution in [0.5, 0.6) is 0 Å². The predicted molar refractivity (Wildman–Crippen MR) is 292 cm³/mol. The van der Waals surface area contributed by atoms with Gasteiger partial charge in [-0.15, -0.1) is 0 Å². The summed E-state index contributed by atoms with van der Waals surface area (Å²) in [5.41, 5.74) is 23.7. The largest absolute Gasteiger partial charge is 0.292 e. The Bertz CT molecular complexity index is 3940. The Balaban J connectivity index is 0.821. The van der Waals surface area contributed by atoms with Crippen molar-refractivity contribution in [3.63, 3.8) is 0 Å². The lowest BCUT2D eigenvalue weighted by molar-refractivity contribution is 0.411. The van der Waals surface area contributed by atoms with Crippen molar-refractivity contribution in [1.29, 1.82) is 0 Å². The number of para-hydroxylation sites is 4. The number of rotatable bonds is 6. The van der Waals surface area contributed by atoms with E-state index >= 15 is 0 Å². The number of hydrogen-bond acceptors (Lipinski definition) is 2. The molecule has 14 rings (SSSR count). The van der Waals surface area contributed by atoms with Crippen LogP contribution in [0, 0.1) is 5.92 Å². The summed E-state index contributed by atoms with van der Waals surface area (Å²) in [6.07, 6.45) is 14.8. The molecule has 2 heterocycles. The maximum Gasteiger partial charge on any atom is 0.145 e. The van der Waals surface area contributed by atoms with Gasteiger partial charge in [0, 0.05) is 27.9 Å². The van der Waals surface area contributed by atoms with E-state index in [1.54, 1.807) is 0 Å². The second kappa shape index (κ2) is 15.2. The minimum absolute atomic E-state index is 0.0835. The van der Waals surface area contributed by atoms with Crippen LogP contribution in [0.3, 0.4) is 0 Å². The molecule has 4 aliphatic carbocycles. The van der Waals surface area contributed by atoms with Gasteiger partial charge >= 0.3 is 0 Å². The molecule has 0 N–H and O–H groups in total. The van der Waals surface area contributed by atoms with E-state index in [0.29, 0.717) is 5.92 Å². The summed E-state index contributed by atoms with van der Waals surface area (Å²) in [6.45, 7) is 9.98. The van der Waals surface area contributed by atoms with Gasteiger partial charge in [-0.3, -0.25) is 9.13 Å². The van der Waals surface area contributed by atoms with E-state index in [9.17, 15) is 0 Å². The molecule has 0 aliphatic heterocycles. The van der Waals surface area contributed by atoms with Crippen LogP contribution in [0.1, 0.15) is 80.6 Å². The third kappa shape index (κ3) is 5.95. The van der Waals surface area contributed by atoms with Crippen molar-refractivity contribution in [2.24, 2.45) is 5.92 Å². The van der Waals surface area contributed by atoms with Crippen LogP contribution in [0.15, 0.2) is 200 Å². The van der Waals surface area contributed by atoms with Crippen molar-refractivity contribution in [1.82, 2.24) is 19.1 Å². The molecule has 4 heteroatoms. The molecule has 0 spiro atoms. The highest BCUT2D eigenvalue weighted by atomic mass is 15.1. The number of allylic oxidation sites excluding steroid dienone is 8. The molecule has 336 valence electrons. The summed E-state index contributed by atoms with van der Waals surface area (Å²) in [6, 6.07) is 62.4. The minimum Gasteiger partial charge on any atom is -0.292 e. The molecular weight excluding hydrogens is 849 g/mol. The maximum absolute atomic E-state index is 5.15. The fourth-order valence-corrected chi connectivity index (χ4v) is 12.9. The summed E-state index contributed by atoms with van der Waals surface area (Å²) in [5, 5.41) is 2.61. The number of benzene rings is 8. The molecule has 2 aromatic heterocycles. The zero-order chi connectivity index (χ0) is 46.9. The number of aromatic nitrogens is 4. The van der Waals surface area contributed by atoms with Crippen molar-refractivity contribution in [3.8, 4) is 45.0 Å². The van der Waals surface area contributed by atoms with Gasteiger partial charge in [-0.1, -0.05) is 173 Å². The number of hydrogen-bond donors (Lipinski definition) is 0. The topological polar surface area (TPSA) is 35.6 Å². The molecule has 0 amide bonds. The zero-order valence-electron chi connectivity index (χ0n) is 40.0. The Morgan fingerprint density at radius 3 is 1.83 bits per heavy atom. The minimum atomic E-state index is -0.214. The summed E-state index contributed by atoms with van der Waals surface area (Å²) >= 11 is 0. The van der Waals surface area contributed by atoms with Crippen molar-refractivity contribution in [2.45, 2.75) is 57.8 Å². The normalized spacial score (nSPS) is 17.3. The third-order valence-electron chi connectivity index (χ3n) is 16.2. The van der Waals surface area contributed by atoms with Crippen molar-refractivity contribution >= 4 is 49.6 Å². The maximum atomic E-state index is 5.15. The van der Waals surface area contributed by atoms with E-state index in [4.69, 9.17) is 9.97 Å². The number of nitrogens with zero attached hydrogens (tertiary/aromatic N) is 4. The molecule has 4 nitrogen and oxygen atoms in total. The molecule has 8 aromatic carbocycles. The van der Waals surface area contributed by atoms with Crippen LogP contribution in [-0.4, -0.2) is 19.1 Å². The standard InChI is InChI=1S/C66H52N4/c1-65(2)54-39-45(41-27-32-46(33-28-41)69-58-25-15-13-23-56(58)67-63(69)43-17-7-5-8-18-43)31-36-49(54)51-37-38-52-60-50-22-12-11-21-48(50)53(40-55(60)66(3,4)62(52)61(51)65)42-29-34-47(35-30-42)70-59-26-16-14-24-57(59)68-64(70)44-19-9-6-10-20-44/h5,7-9,11-38,40,54H,6,10,39H2,1-4H3. The fourth-order valence-electron chi connectivity index (χ4n) is 12.9. The highest BCUT2D eigenvalue weighted by molar-refractivity contribution is 6.10. The van der Waals surface area contributed by atoms with Gasteiger partial charge in [0.25, 0.3) is 0 Å². The van der Waals surface area contributed by atoms with Gasteiger partial charge in [0.15, 0.2) is 0 Å². The van der Waals surface area contributed by atoms with Crippen LogP contribution < -0.4 is 0 Å². The Kier molecular flexibility index (Phi) is 8.90. The van der Waals surface area contributed by atoms with Crippen LogP contribution in [0.2, 0.25) is 0 Å². The molecule has 0 bridgehead atoms. The summed E-state index contributed by atoms with van der Waals surface area (Å²) in [4.78, 5) is 10.2. The Morgan fingerprint density at radius 1 is 0.514 bits per heavy atom. The lowest BCUT2D eigenvalue weighted by Gasteiger charge is -2.35. The molecule has 70 heavy (non-hydrogen) atoms. The SMILES string of the molecule is CC1(C)c2cc(-c3ccc(-n4c(C5=CCCC=C5)nc5ccccc54)cc3)c3ccccc3c2-c2ccc3c(c21)C(C)(C)C1CC(c2ccc(-n4c(-c5ccccc5)nc5ccccc54)cc2)=CC=C31. The zero-order valence-corrected chi connectivity index (χ0v) is 40.0. The molecule has 4 aliphatic rings. The first kappa shape index (κ1) is 40.9. The molecular formula is C66H52N4. The van der Waals surface area contributed by atoms with E-state index in [0.717, 1.165) is 69.9 Å². The van der Waals surface area contributed by atoms with Crippen LogP contribution in [0.4, 0.5) is 0 Å². The summed E-state index contributed by atoms with van der Waals surface area (Å²) in [5.74, 6) is 2.32. The van der Waals surface area contributed by atoms with Crippen LogP contribution in [-0.2, 0) is 10.8 Å². The van der Waals surface area contributed by atoms with Crippen LogP contribution in [0.25, 0.3) is 94.6 Å². The van der Waals surface area contributed by atoms with Gasteiger partial charge in [-0.05, 0) is 157 Å². The Morgan fingerprint density at radius 2 is 1.13 bits per heavy atom. The lowest BCUT2D eigenvalue weighted by Crippen LogP contribution is -2.28. The summed E-state index contributed by atoms with van der Waals surface area (Å²) in [7, 11) is 0. The van der Waals surface area contributed by atoms with Gasteiger partial charge in [-0.25, -0.2) is 9.97 Å². The van der Waals surface area contributed by atoms with Gasteiger partial charge in [-0.2, -0.15) is 0 Å². The van der Waals surface area contributed by atoms with Crippen molar-refractivity contribution in [2.75, 3.05) is 0 Å². The molecule has 1 atom stereocenters. The first-order chi connectivity index (χ1) is 34.2. The van der Waals surface area contributed by atoms with E-state index in [1.165, 1.54) is 77.6 Å². The lowest BCUT2D eigenvalue weighted by atomic mass is 9.68.